The van der Waals surface area contributed by atoms with Crippen molar-refractivity contribution in [3.63, 3.8) is 0 Å². The fraction of sp³-hybridized carbons (Fsp3) is 0.429. The minimum atomic E-state index is -3.79. The Hall–Kier alpha value is -2.61. The number of hydrogen-bond acceptors (Lipinski definition) is 5. The molecule has 0 atom stereocenters. The minimum Gasteiger partial charge on any atom is -0.459 e. The first kappa shape index (κ1) is 22.7. The van der Waals surface area contributed by atoms with Gasteiger partial charge in [-0.3, -0.25) is 18.9 Å². The van der Waals surface area contributed by atoms with Crippen molar-refractivity contribution in [3.8, 4) is 0 Å². The Labute approximate surface area is 171 Å². The maximum atomic E-state index is 12.9. The molecule has 1 aromatic heterocycles. The van der Waals surface area contributed by atoms with E-state index in [-0.39, 0.29) is 18.0 Å². The number of nitrogens with one attached hydrogen (secondary N) is 1. The van der Waals surface area contributed by atoms with Crippen molar-refractivity contribution in [1.29, 1.82) is 0 Å². The van der Waals surface area contributed by atoms with Crippen LogP contribution in [-0.2, 0) is 38.3 Å². The number of nitrogens with zero attached hydrogens (tertiary/aromatic N) is 1. The third-order valence-electron chi connectivity index (χ3n) is 3.94. The summed E-state index contributed by atoms with van der Waals surface area (Å²) < 4.78 is 33.9. The van der Waals surface area contributed by atoms with Crippen LogP contribution in [0, 0.1) is 0 Å². The number of sulfonamides is 1. The third-order valence-corrected chi connectivity index (χ3v) is 5.19. The number of pyridine rings is 1. The van der Waals surface area contributed by atoms with Gasteiger partial charge in [0.1, 0.15) is 17.8 Å². The van der Waals surface area contributed by atoms with E-state index in [9.17, 15) is 18.0 Å². The molecule has 0 radical (unpaired) electrons. The van der Waals surface area contributed by atoms with E-state index in [0.29, 0.717) is 17.7 Å². The Morgan fingerprint density at radius 3 is 2.34 bits per heavy atom. The molecule has 0 amide bonds. The first-order valence-electron chi connectivity index (χ1n) is 9.50. The lowest BCUT2D eigenvalue weighted by Gasteiger charge is -2.21. The van der Waals surface area contributed by atoms with E-state index in [1.165, 1.54) is 10.6 Å². The van der Waals surface area contributed by atoms with Gasteiger partial charge in [0.2, 0.25) is 10.0 Å². The number of carbonyl (C=O) groups excluding carboxylic acids is 1. The standard InChI is InChI=1S/C21H28N2O5S/c1-5-9-17-12-13-18(20(25)23(17)14-19(24)28-21(2,3)4)22-29(26,27)15-16-10-7-6-8-11-16/h6-8,10-13,22H,5,9,14-15H2,1-4H3. The quantitative estimate of drug-likeness (QED) is 0.662. The number of esters is 1. The molecular formula is C21H28N2O5S. The first-order valence-corrected chi connectivity index (χ1v) is 11.1. The van der Waals surface area contributed by atoms with Crippen LogP contribution in [0.5, 0.6) is 0 Å². The lowest BCUT2D eigenvalue weighted by molar-refractivity contribution is -0.155. The summed E-state index contributed by atoms with van der Waals surface area (Å²) in [5.74, 6) is -0.808. The molecule has 0 bridgehead atoms. The molecule has 1 aromatic carbocycles. The maximum absolute atomic E-state index is 12.9. The minimum absolute atomic E-state index is 0.0932. The zero-order valence-electron chi connectivity index (χ0n) is 17.3. The van der Waals surface area contributed by atoms with Crippen molar-refractivity contribution in [2.24, 2.45) is 0 Å². The van der Waals surface area contributed by atoms with Crippen LogP contribution >= 0.6 is 0 Å². The summed E-state index contributed by atoms with van der Waals surface area (Å²) in [6.45, 7) is 6.91. The van der Waals surface area contributed by atoms with Crippen LogP contribution in [0.4, 0.5) is 5.69 Å². The van der Waals surface area contributed by atoms with Crippen LogP contribution in [0.3, 0.4) is 0 Å². The number of ether oxygens (including phenoxy) is 1. The molecule has 0 spiro atoms. The third kappa shape index (κ3) is 7.05. The van der Waals surface area contributed by atoms with Crippen LogP contribution in [0.15, 0.2) is 47.3 Å². The molecule has 1 heterocycles. The largest absolute Gasteiger partial charge is 0.459 e. The van der Waals surface area contributed by atoms with Gasteiger partial charge in [0.25, 0.3) is 5.56 Å². The highest BCUT2D eigenvalue weighted by molar-refractivity contribution is 7.91. The molecule has 2 rings (SSSR count). The van der Waals surface area contributed by atoms with E-state index in [2.05, 4.69) is 4.72 Å². The average molecular weight is 421 g/mol. The molecule has 7 nitrogen and oxygen atoms in total. The Bertz CT molecular complexity index is 1010. The van der Waals surface area contributed by atoms with E-state index in [4.69, 9.17) is 4.74 Å². The summed E-state index contributed by atoms with van der Waals surface area (Å²) in [6, 6.07) is 11.8. The fourth-order valence-electron chi connectivity index (χ4n) is 2.84. The molecule has 8 heteroatoms. The van der Waals surface area contributed by atoms with Gasteiger partial charge in [-0.15, -0.1) is 0 Å². The molecule has 158 valence electrons. The molecule has 0 aliphatic heterocycles. The summed E-state index contributed by atoms with van der Waals surface area (Å²) in [5, 5.41) is 0. The summed E-state index contributed by atoms with van der Waals surface area (Å²) in [7, 11) is -3.79. The number of benzene rings is 1. The summed E-state index contributed by atoms with van der Waals surface area (Å²) in [6.07, 6.45) is 1.35. The van der Waals surface area contributed by atoms with Gasteiger partial charge >= 0.3 is 5.97 Å². The molecule has 0 unspecified atom stereocenters. The molecule has 0 aliphatic rings. The van der Waals surface area contributed by atoms with Crippen molar-refractivity contribution < 1.29 is 17.9 Å². The Kier molecular flexibility index (Phi) is 7.24. The first-order chi connectivity index (χ1) is 13.5. The highest BCUT2D eigenvalue weighted by Gasteiger charge is 2.20. The second-order valence-corrected chi connectivity index (χ2v) is 9.54. The van der Waals surface area contributed by atoms with Gasteiger partial charge in [0, 0.05) is 5.69 Å². The monoisotopic (exact) mass is 420 g/mol. The zero-order valence-corrected chi connectivity index (χ0v) is 18.1. The van der Waals surface area contributed by atoms with Crippen LogP contribution < -0.4 is 10.3 Å². The molecule has 0 saturated carbocycles. The van der Waals surface area contributed by atoms with E-state index in [1.807, 2.05) is 6.92 Å². The highest BCUT2D eigenvalue weighted by Crippen LogP contribution is 2.13. The fourth-order valence-corrected chi connectivity index (χ4v) is 4.04. The highest BCUT2D eigenvalue weighted by atomic mass is 32.2. The van der Waals surface area contributed by atoms with E-state index in [1.54, 1.807) is 57.2 Å². The number of aromatic nitrogens is 1. The van der Waals surface area contributed by atoms with Crippen molar-refractivity contribution >= 4 is 21.7 Å². The second-order valence-electron chi connectivity index (χ2n) is 7.81. The maximum Gasteiger partial charge on any atom is 0.326 e. The van der Waals surface area contributed by atoms with Crippen LogP contribution in [0.1, 0.15) is 45.4 Å². The zero-order chi connectivity index (χ0) is 21.7. The number of anilines is 1. The predicted molar refractivity (Wildman–Crippen MR) is 113 cm³/mol. The molecule has 0 aliphatic carbocycles. The van der Waals surface area contributed by atoms with Crippen molar-refractivity contribution in [1.82, 2.24) is 4.57 Å². The smallest absolute Gasteiger partial charge is 0.326 e. The lowest BCUT2D eigenvalue weighted by Crippen LogP contribution is -2.33. The Balaban J connectivity index is 2.31. The average Bonchev–Trinajstić information content (AvgIpc) is 2.59. The number of rotatable bonds is 8. The lowest BCUT2D eigenvalue weighted by atomic mass is 10.2. The van der Waals surface area contributed by atoms with Gasteiger partial charge in [-0.1, -0.05) is 43.7 Å². The molecular weight excluding hydrogens is 392 g/mol. The van der Waals surface area contributed by atoms with Gasteiger partial charge in [0.05, 0.1) is 5.75 Å². The van der Waals surface area contributed by atoms with E-state index < -0.39 is 27.2 Å². The van der Waals surface area contributed by atoms with Crippen LogP contribution in [0.2, 0.25) is 0 Å². The van der Waals surface area contributed by atoms with E-state index in [0.717, 1.165) is 6.42 Å². The van der Waals surface area contributed by atoms with Crippen molar-refractivity contribution in [2.45, 2.75) is 58.4 Å². The predicted octanol–water partition coefficient (Wildman–Crippen LogP) is 3.08. The van der Waals surface area contributed by atoms with Gasteiger partial charge < -0.3 is 4.74 Å². The van der Waals surface area contributed by atoms with Gasteiger partial charge in [-0.25, -0.2) is 8.42 Å². The van der Waals surface area contributed by atoms with Crippen LogP contribution in [0.25, 0.3) is 0 Å². The topological polar surface area (TPSA) is 94.5 Å². The molecule has 29 heavy (non-hydrogen) atoms. The van der Waals surface area contributed by atoms with E-state index >= 15 is 0 Å². The molecule has 0 fully saturated rings. The molecule has 1 N–H and O–H groups in total. The Morgan fingerprint density at radius 2 is 1.76 bits per heavy atom. The number of carbonyl (C=O) groups is 1. The van der Waals surface area contributed by atoms with Gasteiger partial charge in [-0.2, -0.15) is 0 Å². The number of hydrogen-bond donors (Lipinski definition) is 1. The normalized spacial score (nSPS) is 11.9. The summed E-state index contributed by atoms with van der Waals surface area (Å²) >= 11 is 0. The van der Waals surface area contributed by atoms with Gasteiger partial charge in [-0.05, 0) is 44.9 Å². The van der Waals surface area contributed by atoms with Crippen LogP contribution in [-0.4, -0.2) is 24.6 Å². The van der Waals surface area contributed by atoms with Gasteiger partial charge in [0.15, 0.2) is 0 Å². The number of aryl methyl sites for hydroxylation is 1. The Morgan fingerprint density at radius 1 is 1.10 bits per heavy atom. The van der Waals surface area contributed by atoms with Crippen molar-refractivity contribution in [3.05, 3.63) is 64.1 Å². The second kappa shape index (κ2) is 9.26. The molecule has 2 aromatic rings. The SMILES string of the molecule is CCCc1ccc(NS(=O)(=O)Cc2ccccc2)c(=O)n1CC(=O)OC(C)(C)C. The summed E-state index contributed by atoms with van der Waals surface area (Å²) in [4.78, 5) is 25.2. The van der Waals surface area contributed by atoms with Crippen molar-refractivity contribution in [2.75, 3.05) is 4.72 Å². The summed E-state index contributed by atoms with van der Waals surface area (Å²) in [5.41, 5.74) is -0.0885. The molecule has 0 saturated heterocycles.